The molecule has 52 heavy (non-hydrogen) atoms. The maximum atomic E-state index is 14.3. The molecule has 2 amide bonds. The highest BCUT2D eigenvalue weighted by Crippen LogP contribution is 2.52. The molecule has 0 radical (unpaired) electrons. The third kappa shape index (κ3) is 7.22. The Balaban J connectivity index is 1.76. The largest absolute Gasteiger partial charge is 0.507 e. The molecule has 6 atom stereocenters. The summed E-state index contributed by atoms with van der Waals surface area (Å²) in [6.07, 6.45) is -7.78. The molecule has 4 N–H and O–H groups in total. The number of aliphatic hydroxyl groups is 1. The van der Waals surface area contributed by atoms with E-state index in [1.807, 2.05) is 0 Å². The first-order valence-electron chi connectivity index (χ1n) is 16.4. The Labute approximate surface area is 297 Å². The van der Waals surface area contributed by atoms with Gasteiger partial charge in [0.1, 0.15) is 5.75 Å². The third-order valence-electron chi connectivity index (χ3n) is 9.87. The van der Waals surface area contributed by atoms with Crippen LogP contribution in [0.5, 0.6) is 5.75 Å². The number of carbonyl (C=O) groups excluding carboxylic acids is 7. The van der Waals surface area contributed by atoms with Crippen molar-refractivity contribution in [2.24, 2.45) is 34.8 Å². The number of esters is 1. The molecule has 18 heteroatoms. The van der Waals surface area contributed by atoms with E-state index in [1.165, 1.54) is 45.8 Å². The van der Waals surface area contributed by atoms with Crippen LogP contribution in [0.3, 0.4) is 0 Å². The number of fused-ring (bicyclic) bond motifs is 3. The predicted octanol–water partition coefficient (Wildman–Crippen LogP) is 1.37. The lowest BCUT2D eigenvalue weighted by Gasteiger charge is -2.52. The lowest BCUT2D eigenvalue weighted by atomic mass is 9.52. The molecule has 3 aliphatic carbocycles. The Morgan fingerprint density at radius 3 is 2.15 bits per heavy atom. The summed E-state index contributed by atoms with van der Waals surface area (Å²) in [7, 11) is 6.10. The fourth-order valence-corrected chi connectivity index (χ4v) is 7.37. The third-order valence-corrected chi connectivity index (χ3v) is 9.87. The first-order chi connectivity index (χ1) is 23.8. The summed E-state index contributed by atoms with van der Waals surface area (Å²) in [4.78, 5) is 96.2. The minimum Gasteiger partial charge on any atom is -0.507 e. The van der Waals surface area contributed by atoms with Gasteiger partial charge in [0.2, 0.25) is 12.7 Å². The standard InChI is InChI=1S/C34H43F3N4O11/c1-32(2,3)30(48)51-14-52-31(49)41(9-8-33(35,36)37)13-16-12-19(39(4)5)17-10-15-11-18-23(40(6)7)26(44)22(29(38)47)28(46)34(18,50)27(45)20(15)25(43)21(17)24(16)42/h12,15,18,20,22-23,42,50H,8-11,13-14H2,1-7H3,(H2,38,47)/t15-,18-,20?,22?,23+,34-/m0/s1. The summed E-state index contributed by atoms with van der Waals surface area (Å²) in [5.74, 6) is -13.6. The zero-order valence-electron chi connectivity index (χ0n) is 29.8. The van der Waals surface area contributed by atoms with Gasteiger partial charge in [-0.2, -0.15) is 13.2 Å². The second kappa shape index (κ2) is 14.1. The number of hydrogen-bond acceptors (Lipinski definition) is 13. The number of amides is 2. The number of carbonyl (C=O) groups is 7. The van der Waals surface area contributed by atoms with Crippen molar-refractivity contribution in [1.29, 1.82) is 0 Å². The number of primary amides is 1. The maximum absolute atomic E-state index is 14.3. The average Bonchev–Trinajstić information content (AvgIpc) is 3.00. The van der Waals surface area contributed by atoms with Crippen molar-refractivity contribution < 1.29 is 66.4 Å². The van der Waals surface area contributed by atoms with E-state index < -0.39 is 126 Å². The number of ether oxygens (including phenoxy) is 2. The van der Waals surface area contributed by atoms with Gasteiger partial charge in [-0.15, -0.1) is 0 Å². The van der Waals surface area contributed by atoms with Crippen molar-refractivity contribution in [1.82, 2.24) is 9.80 Å². The topological polar surface area (TPSA) is 214 Å². The minimum atomic E-state index is -4.71. The molecule has 0 bridgehead atoms. The number of phenols is 1. The molecule has 2 fully saturated rings. The van der Waals surface area contributed by atoms with Gasteiger partial charge in [0.25, 0.3) is 0 Å². The highest BCUT2D eigenvalue weighted by molar-refractivity contribution is 6.32. The zero-order chi connectivity index (χ0) is 39.4. The molecule has 0 aliphatic heterocycles. The second-order valence-electron chi connectivity index (χ2n) is 14.9. The normalized spacial score (nSPS) is 26.0. The molecule has 15 nitrogen and oxygen atoms in total. The summed E-state index contributed by atoms with van der Waals surface area (Å²) in [6, 6.07) is 0.0782. The van der Waals surface area contributed by atoms with Crippen LogP contribution >= 0.6 is 0 Å². The summed E-state index contributed by atoms with van der Waals surface area (Å²) >= 11 is 0. The number of anilines is 1. The van der Waals surface area contributed by atoms with Crippen LogP contribution in [0.15, 0.2) is 6.07 Å². The van der Waals surface area contributed by atoms with Crippen LogP contribution in [-0.4, -0.2) is 120 Å². The Hall–Kier alpha value is -4.58. The van der Waals surface area contributed by atoms with Gasteiger partial charge in [-0.05, 0) is 65.3 Å². The number of aromatic hydroxyl groups is 1. The van der Waals surface area contributed by atoms with E-state index in [1.54, 1.807) is 19.0 Å². The highest BCUT2D eigenvalue weighted by atomic mass is 19.4. The van der Waals surface area contributed by atoms with Crippen molar-refractivity contribution in [3.05, 3.63) is 22.8 Å². The van der Waals surface area contributed by atoms with Crippen LogP contribution < -0.4 is 10.6 Å². The van der Waals surface area contributed by atoms with E-state index in [4.69, 9.17) is 15.2 Å². The van der Waals surface area contributed by atoms with Gasteiger partial charge in [-0.25, -0.2) is 4.79 Å². The number of phenolic OH excluding ortho intramolecular Hbond substituents is 1. The Bertz CT molecular complexity index is 1700. The number of nitrogens with zero attached hydrogens (tertiary/aromatic N) is 3. The molecule has 0 heterocycles. The van der Waals surface area contributed by atoms with Crippen molar-refractivity contribution >= 4 is 46.8 Å². The first-order valence-corrected chi connectivity index (χ1v) is 16.4. The van der Waals surface area contributed by atoms with E-state index in [0.717, 1.165) is 0 Å². The average molecular weight is 741 g/mol. The zero-order valence-corrected chi connectivity index (χ0v) is 29.8. The van der Waals surface area contributed by atoms with Crippen molar-refractivity contribution in [3.63, 3.8) is 0 Å². The molecule has 1 aromatic carbocycles. The second-order valence-corrected chi connectivity index (χ2v) is 14.9. The molecular formula is C34H43F3N4O11. The number of benzene rings is 1. The van der Waals surface area contributed by atoms with Gasteiger partial charge in [-0.3, -0.25) is 33.7 Å². The smallest absolute Gasteiger partial charge is 0.412 e. The van der Waals surface area contributed by atoms with Crippen LogP contribution in [0.1, 0.15) is 55.1 Å². The van der Waals surface area contributed by atoms with E-state index >= 15 is 0 Å². The first kappa shape index (κ1) is 40.2. The highest BCUT2D eigenvalue weighted by Gasteiger charge is 2.69. The SMILES string of the molecule is CN(C)c1cc(CN(CCC(F)(F)F)C(=O)OCOC(=O)C(C)(C)C)c(O)c2c1C[C@H]1C[C@H]3[C@@H](N(C)C)C(=O)C(C(N)=O)C(=O)[C@@]3(O)C(=O)C1C2=O. The lowest BCUT2D eigenvalue weighted by molar-refractivity contribution is -0.181. The van der Waals surface area contributed by atoms with E-state index in [0.29, 0.717) is 10.6 Å². The molecule has 0 aromatic heterocycles. The number of halogens is 3. The van der Waals surface area contributed by atoms with Gasteiger partial charge in [0.05, 0.1) is 35.9 Å². The Kier molecular flexibility index (Phi) is 10.9. The van der Waals surface area contributed by atoms with Gasteiger partial charge in [-0.1, -0.05) is 0 Å². The van der Waals surface area contributed by atoms with Crippen LogP contribution in [0.25, 0.3) is 0 Å². The summed E-state index contributed by atoms with van der Waals surface area (Å²) in [5, 5.41) is 23.4. The molecular weight excluding hydrogens is 697 g/mol. The molecule has 2 saturated carbocycles. The minimum absolute atomic E-state index is 0.0633. The van der Waals surface area contributed by atoms with Crippen molar-refractivity contribution in [2.45, 2.75) is 64.4 Å². The number of rotatable bonds is 9. The number of hydrogen-bond donors (Lipinski definition) is 3. The molecule has 2 unspecified atom stereocenters. The quantitative estimate of drug-likeness (QED) is 0.186. The lowest BCUT2D eigenvalue weighted by Crippen LogP contribution is -2.74. The number of alkyl halides is 3. The van der Waals surface area contributed by atoms with Crippen LogP contribution in [-0.2, 0) is 46.4 Å². The van der Waals surface area contributed by atoms with Crippen molar-refractivity contribution in [3.8, 4) is 5.75 Å². The number of ketones is 4. The van der Waals surface area contributed by atoms with Gasteiger partial charge < -0.3 is 35.2 Å². The van der Waals surface area contributed by atoms with Gasteiger partial charge in [0.15, 0.2) is 34.7 Å². The molecule has 3 aliphatic rings. The molecule has 4 rings (SSSR count). The summed E-state index contributed by atoms with van der Waals surface area (Å²) in [6.45, 7) is 1.99. The summed E-state index contributed by atoms with van der Waals surface area (Å²) in [5.41, 5.74) is 1.37. The maximum Gasteiger partial charge on any atom is 0.412 e. The van der Waals surface area contributed by atoms with Crippen molar-refractivity contribution in [2.75, 3.05) is 46.4 Å². The predicted molar refractivity (Wildman–Crippen MR) is 174 cm³/mol. The monoisotopic (exact) mass is 740 g/mol. The molecule has 0 spiro atoms. The van der Waals surface area contributed by atoms with Crippen LogP contribution in [0, 0.1) is 29.1 Å². The Morgan fingerprint density at radius 2 is 1.63 bits per heavy atom. The van der Waals surface area contributed by atoms with E-state index in [-0.39, 0.29) is 24.0 Å². The van der Waals surface area contributed by atoms with Crippen LogP contribution in [0.4, 0.5) is 23.7 Å². The number of nitrogens with two attached hydrogens (primary N) is 1. The molecule has 1 aromatic rings. The van der Waals surface area contributed by atoms with E-state index in [9.17, 15) is 56.9 Å². The van der Waals surface area contributed by atoms with Crippen LogP contribution in [0.2, 0.25) is 0 Å². The number of Topliss-reactive ketones (excluding diaryl/α,β-unsaturated/α-hetero) is 4. The van der Waals surface area contributed by atoms with Gasteiger partial charge >= 0.3 is 18.2 Å². The fourth-order valence-electron chi connectivity index (χ4n) is 7.37. The molecule has 0 saturated heterocycles. The molecule has 286 valence electrons. The van der Waals surface area contributed by atoms with Gasteiger partial charge in [0, 0.05) is 37.8 Å². The summed E-state index contributed by atoms with van der Waals surface area (Å²) < 4.78 is 49.7. The van der Waals surface area contributed by atoms with E-state index in [2.05, 4.69) is 0 Å². The Morgan fingerprint density at radius 1 is 1.02 bits per heavy atom. The number of likely N-dealkylation sites (N-methyl/N-ethyl adjacent to an activating group) is 1. The fraction of sp³-hybridized carbons (Fsp3) is 0.618.